The van der Waals surface area contributed by atoms with E-state index in [-0.39, 0.29) is 11.5 Å². The van der Waals surface area contributed by atoms with E-state index in [1.54, 1.807) is 12.1 Å². The number of hydrogen-bond acceptors (Lipinski definition) is 4. The third kappa shape index (κ3) is 1.32. The van der Waals surface area contributed by atoms with Gasteiger partial charge in [-0.25, -0.2) is 4.98 Å². The Balaban J connectivity index is 3.25. The van der Waals surface area contributed by atoms with Gasteiger partial charge in [-0.1, -0.05) is 0 Å². The van der Waals surface area contributed by atoms with Crippen LogP contribution >= 0.6 is 0 Å². The predicted octanol–water partition coefficient (Wildman–Crippen LogP) is -0.468. The highest BCUT2D eigenvalue weighted by Gasteiger charge is 2.04. The molecule has 0 aromatic carbocycles. The van der Waals surface area contributed by atoms with Gasteiger partial charge < -0.3 is 11.6 Å². The monoisotopic (exact) mass is 161 g/mol. The van der Waals surface area contributed by atoms with Gasteiger partial charge in [0.25, 0.3) is 0 Å². The second kappa shape index (κ2) is 3.34. The lowest BCUT2D eigenvalue weighted by atomic mass is 10.2. The Morgan fingerprint density at radius 1 is 1.67 bits per heavy atom. The SMILES string of the molecule is N#Cc1ncccc1C(N)=NN. The van der Waals surface area contributed by atoms with Crippen LogP contribution in [0, 0.1) is 11.3 Å². The minimum Gasteiger partial charge on any atom is -0.382 e. The number of nitrogens with two attached hydrogens (primary N) is 2. The quantitative estimate of drug-likeness (QED) is 0.251. The highest BCUT2D eigenvalue weighted by atomic mass is 15.2. The molecule has 0 aliphatic heterocycles. The van der Waals surface area contributed by atoms with Gasteiger partial charge >= 0.3 is 0 Å². The fourth-order valence-corrected chi connectivity index (χ4v) is 0.771. The van der Waals surface area contributed by atoms with Crippen LogP contribution in [0.4, 0.5) is 0 Å². The number of pyridine rings is 1. The standard InChI is InChI=1S/C7H7N5/c8-4-6-5(7(9)12-10)2-1-3-11-6/h1-3H,10H2,(H2,9,12). The number of aromatic nitrogens is 1. The van der Waals surface area contributed by atoms with Gasteiger partial charge in [-0.15, -0.1) is 0 Å². The minimum atomic E-state index is 0.111. The minimum absolute atomic E-state index is 0.111. The maximum Gasteiger partial charge on any atom is 0.153 e. The summed E-state index contributed by atoms with van der Waals surface area (Å²) in [5, 5.41) is 11.9. The number of amidine groups is 1. The third-order valence-corrected chi connectivity index (χ3v) is 1.33. The Kier molecular flexibility index (Phi) is 2.23. The van der Waals surface area contributed by atoms with Crippen LogP contribution in [0.3, 0.4) is 0 Å². The molecule has 1 aromatic heterocycles. The number of rotatable bonds is 1. The van der Waals surface area contributed by atoms with Crippen LogP contribution in [0.5, 0.6) is 0 Å². The number of nitriles is 1. The average Bonchev–Trinajstić information content (AvgIpc) is 2.16. The van der Waals surface area contributed by atoms with Gasteiger partial charge in [-0.2, -0.15) is 10.4 Å². The zero-order valence-corrected chi connectivity index (χ0v) is 6.23. The maximum absolute atomic E-state index is 8.60. The van der Waals surface area contributed by atoms with Gasteiger partial charge in [0.05, 0.1) is 5.56 Å². The topological polar surface area (TPSA) is 101 Å². The second-order valence-electron chi connectivity index (χ2n) is 2.03. The molecule has 0 saturated heterocycles. The predicted molar refractivity (Wildman–Crippen MR) is 43.9 cm³/mol. The molecule has 0 saturated carbocycles. The second-order valence-corrected chi connectivity index (χ2v) is 2.03. The molecule has 0 atom stereocenters. The molecule has 0 amide bonds. The average molecular weight is 161 g/mol. The molecule has 5 nitrogen and oxygen atoms in total. The molecule has 0 unspecified atom stereocenters. The van der Waals surface area contributed by atoms with E-state index in [9.17, 15) is 0 Å². The summed E-state index contributed by atoms with van der Waals surface area (Å²) in [5.41, 5.74) is 6.09. The number of hydrogen-bond donors (Lipinski definition) is 2. The molecule has 5 heteroatoms. The summed E-state index contributed by atoms with van der Waals surface area (Å²) in [6.07, 6.45) is 1.51. The first-order valence-corrected chi connectivity index (χ1v) is 3.18. The molecule has 60 valence electrons. The summed E-state index contributed by atoms with van der Waals surface area (Å²) in [7, 11) is 0. The van der Waals surface area contributed by atoms with Crippen molar-refractivity contribution in [2.45, 2.75) is 0 Å². The van der Waals surface area contributed by atoms with E-state index >= 15 is 0 Å². The maximum atomic E-state index is 8.60. The molecule has 0 fully saturated rings. The van der Waals surface area contributed by atoms with Crippen LogP contribution in [0.15, 0.2) is 23.4 Å². The van der Waals surface area contributed by atoms with Crippen molar-refractivity contribution in [2.75, 3.05) is 0 Å². The van der Waals surface area contributed by atoms with Crippen molar-refractivity contribution in [3.05, 3.63) is 29.6 Å². The first-order chi connectivity index (χ1) is 5.79. The van der Waals surface area contributed by atoms with Gasteiger partial charge in [0.2, 0.25) is 0 Å². The van der Waals surface area contributed by atoms with Gasteiger partial charge in [0, 0.05) is 6.20 Å². The van der Waals surface area contributed by atoms with Crippen molar-refractivity contribution in [2.24, 2.45) is 16.7 Å². The van der Waals surface area contributed by atoms with Gasteiger partial charge in [0.15, 0.2) is 11.5 Å². The lowest BCUT2D eigenvalue weighted by Crippen LogP contribution is -2.17. The van der Waals surface area contributed by atoms with E-state index in [1.165, 1.54) is 6.20 Å². The molecule has 0 spiro atoms. The van der Waals surface area contributed by atoms with Crippen molar-refractivity contribution in [3.63, 3.8) is 0 Å². The number of nitrogens with zero attached hydrogens (tertiary/aromatic N) is 3. The number of hydrazone groups is 1. The largest absolute Gasteiger partial charge is 0.382 e. The van der Waals surface area contributed by atoms with Crippen molar-refractivity contribution >= 4 is 5.84 Å². The Hall–Kier alpha value is -2.09. The fraction of sp³-hybridized carbons (Fsp3) is 0. The summed E-state index contributed by atoms with van der Waals surface area (Å²) < 4.78 is 0. The van der Waals surface area contributed by atoms with E-state index < -0.39 is 0 Å². The molecule has 12 heavy (non-hydrogen) atoms. The van der Waals surface area contributed by atoms with Crippen LogP contribution in [0.25, 0.3) is 0 Å². The third-order valence-electron chi connectivity index (χ3n) is 1.33. The molecule has 0 aliphatic rings. The highest BCUT2D eigenvalue weighted by molar-refractivity contribution is 5.98. The molecular formula is C7H7N5. The van der Waals surface area contributed by atoms with Crippen LogP contribution in [0.2, 0.25) is 0 Å². The van der Waals surface area contributed by atoms with Crippen molar-refractivity contribution in [3.8, 4) is 6.07 Å². The molecule has 0 radical (unpaired) electrons. The van der Waals surface area contributed by atoms with E-state index in [2.05, 4.69) is 10.1 Å². The van der Waals surface area contributed by atoms with Crippen LogP contribution in [-0.4, -0.2) is 10.8 Å². The summed E-state index contributed by atoms with van der Waals surface area (Å²) >= 11 is 0. The molecule has 0 bridgehead atoms. The van der Waals surface area contributed by atoms with Crippen molar-refractivity contribution < 1.29 is 0 Å². The summed E-state index contributed by atoms with van der Waals surface area (Å²) in [4.78, 5) is 3.79. The Bertz CT molecular complexity index is 349. The Labute approximate surface area is 69.3 Å². The fourth-order valence-electron chi connectivity index (χ4n) is 0.771. The van der Waals surface area contributed by atoms with E-state index in [4.69, 9.17) is 16.8 Å². The van der Waals surface area contributed by atoms with Crippen LogP contribution in [0.1, 0.15) is 11.3 Å². The molecule has 4 N–H and O–H groups in total. The van der Waals surface area contributed by atoms with Gasteiger partial charge in [-0.05, 0) is 12.1 Å². The van der Waals surface area contributed by atoms with Crippen LogP contribution in [-0.2, 0) is 0 Å². The Morgan fingerprint density at radius 2 is 2.42 bits per heavy atom. The molecule has 1 rings (SSSR count). The molecule has 0 aliphatic carbocycles. The summed E-state index contributed by atoms with van der Waals surface area (Å²) in [5.74, 6) is 5.06. The van der Waals surface area contributed by atoms with E-state index in [1.807, 2.05) is 6.07 Å². The molecule has 1 heterocycles. The summed E-state index contributed by atoms with van der Waals surface area (Å²) in [6, 6.07) is 5.18. The first kappa shape index (κ1) is 8.01. The zero-order valence-electron chi connectivity index (χ0n) is 6.23. The highest BCUT2D eigenvalue weighted by Crippen LogP contribution is 2.01. The van der Waals surface area contributed by atoms with Gasteiger partial charge in [-0.3, -0.25) is 0 Å². The van der Waals surface area contributed by atoms with Crippen molar-refractivity contribution in [1.29, 1.82) is 5.26 Å². The van der Waals surface area contributed by atoms with E-state index in [0.29, 0.717) is 5.56 Å². The molecule has 1 aromatic rings. The summed E-state index contributed by atoms with van der Waals surface area (Å²) in [6.45, 7) is 0. The smallest absolute Gasteiger partial charge is 0.153 e. The van der Waals surface area contributed by atoms with Crippen molar-refractivity contribution in [1.82, 2.24) is 4.98 Å². The van der Waals surface area contributed by atoms with Crippen LogP contribution < -0.4 is 11.6 Å². The normalized spacial score (nSPS) is 10.8. The van der Waals surface area contributed by atoms with E-state index in [0.717, 1.165) is 0 Å². The zero-order chi connectivity index (χ0) is 8.97. The Morgan fingerprint density at radius 3 is 3.00 bits per heavy atom. The van der Waals surface area contributed by atoms with Gasteiger partial charge in [0.1, 0.15) is 6.07 Å². The lowest BCUT2D eigenvalue weighted by Gasteiger charge is -1.98. The first-order valence-electron chi connectivity index (χ1n) is 3.18. The molecular weight excluding hydrogens is 154 g/mol. The lowest BCUT2D eigenvalue weighted by molar-refractivity contribution is 1.20.